The number of pyridine rings is 1. The molecule has 29 heavy (non-hydrogen) atoms. The summed E-state index contributed by atoms with van der Waals surface area (Å²) in [7, 11) is 0. The van der Waals surface area contributed by atoms with Gasteiger partial charge in [0.1, 0.15) is 0 Å². The summed E-state index contributed by atoms with van der Waals surface area (Å²) in [5, 5.41) is 2.96. The number of amides is 2. The molecule has 0 spiro atoms. The van der Waals surface area contributed by atoms with Crippen molar-refractivity contribution in [2.24, 2.45) is 0 Å². The van der Waals surface area contributed by atoms with Crippen molar-refractivity contribution >= 4 is 29.1 Å². The highest BCUT2D eigenvalue weighted by Crippen LogP contribution is 2.18. The Bertz CT molecular complexity index is 839. The summed E-state index contributed by atoms with van der Waals surface area (Å²) in [5.74, 6) is -0.0483. The van der Waals surface area contributed by atoms with Crippen LogP contribution in [0.1, 0.15) is 23.8 Å². The van der Waals surface area contributed by atoms with Gasteiger partial charge in [-0.05, 0) is 25.1 Å². The van der Waals surface area contributed by atoms with Crippen LogP contribution in [0.4, 0.5) is 5.69 Å². The third-order valence-corrected chi connectivity index (χ3v) is 5.01. The number of halogens is 1. The Morgan fingerprint density at radius 3 is 2.52 bits per heavy atom. The standard InChI is InChI=1S/C21H25ClN4O3/c1-2-29-18-9-8-17(22)20(24-18)21(28)23-11-10-19(27)26-14-12-25(13-15-26)16-6-4-3-5-7-16/h3-9H,2,10-15H2,1H3,(H,23,28). The number of hydrogen-bond acceptors (Lipinski definition) is 5. The summed E-state index contributed by atoms with van der Waals surface area (Å²) < 4.78 is 5.30. The Labute approximate surface area is 175 Å². The predicted octanol–water partition coefficient (Wildman–Crippen LogP) is 2.60. The van der Waals surface area contributed by atoms with E-state index in [4.69, 9.17) is 16.3 Å². The molecule has 1 fully saturated rings. The largest absolute Gasteiger partial charge is 0.478 e. The van der Waals surface area contributed by atoms with Crippen molar-refractivity contribution in [1.82, 2.24) is 15.2 Å². The lowest BCUT2D eigenvalue weighted by Crippen LogP contribution is -2.49. The number of ether oxygens (including phenoxy) is 1. The maximum Gasteiger partial charge on any atom is 0.271 e. The first kappa shape index (κ1) is 20.9. The number of nitrogens with zero attached hydrogens (tertiary/aromatic N) is 3. The van der Waals surface area contributed by atoms with Gasteiger partial charge in [0.25, 0.3) is 5.91 Å². The predicted molar refractivity (Wildman–Crippen MR) is 113 cm³/mol. The summed E-state index contributed by atoms with van der Waals surface area (Å²) in [4.78, 5) is 33.0. The van der Waals surface area contributed by atoms with E-state index in [-0.39, 0.29) is 29.6 Å². The average Bonchev–Trinajstić information content (AvgIpc) is 2.76. The first-order chi connectivity index (χ1) is 14.1. The smallest absolute Gasteiger partial charge is 0.271 e. The number of para-hydroxylation sites is 1. The van der Waals surface area contributed by atoms with Gasteiger partial charge in [0, 0.05) is 50.9 Å². The molecule has 0 aliphatic carbocycles. The van der Waals surface area contributed by atoms with Crippen molar-refractivity contribution in [3.8, 4) is 5.88 Å². The van der Waals surface area contributed by atoms with Crippen LogP contribution in [-0.2, 0) is 4.79 Å². The SMILES string of the molecule is CCOc1ccc(Cl)c(C(=O)NCCC(=O)N2CCN(c3ccccc3)CC2)n1. The fraction of sp³-hybridized carbons (Fsp3) is 0.381. The van der Waals surface area contributed by atoms with Crippen LogP contribution >= 0.6 is 11.6 Å². The highest BCUT2D eigenvalue weighted by Gasteiger charge is 2.21. The zero-order valence-corrected chi connectivity index (χ0v) is 17.2. The molecule has 7 nitrogen and oxygen atoms in total. The molecular formula is C21H25ClN4O3. The number of aromatic nitrogens is 1. The molecule has 3 rings (SSSR count). The van der Waals surface area contributed by atoms with E-state index in [9.17, 15) is 9.59 Å². The Balaban J connectivity index is 1.44. The molecule has 1 saturated heterocycles. The number of carbonyl (C=O) groups is 2. The molecule has 0 saturated carbocycles. The van der Waals surface area contributed by atoms with Gasteiger partial charge in [-0.2, -0.15) is 0 Å². The van der Waals surface area contributed by atoms with E-state index in [2.05, 4.69) is 27.3 Å². The quantitative estimate of drug-likeness (QED) is 0.750. The van der Waals surface area contributed by atoms with E-state index in [0.29, 0.717) is 25.6 Å². The van der Waals surface area contributed by atoms with Gasteiger partial charge in [0.2, 0.25) is 11.8 Å². The van der Waals surface area contributed by atoms with Crippen molar-refractivity contribution in [2.75, 3.05) is 44.2 Å². The van der Waals surface area contributed by atoms with Crippen LogP contribution in [0.25, 0.3) is 0 Å². The second-order valence-electron chi connectivity index (χ2n) is 6.62. The lowest BCUT2D eigenvalue weighted by atomic mass is 10.2. The molecule has 8 heteroatoms. The summed E-state index contributed by atoms with van der Waals surface area (Å²) in [6.45, 7) is 5.45. The average molecular weight is 417 g/mol. The number of rotatable bonds is 7. The highest BCUT2D eigenvalue weighted by molar-refractivity contribution is 6.33. The number of benzene rings is 1. The van der Waals surface area contributed by atoms with Crippen LogP contribution in [-0.4, -0.2) is 61.0 Å². The van der Waals surface area contributed by atoms with E-state index < -0.39 is 5.91 Å². The van der Waals surface area contributed by atoms with Crippen LogP contribution in [0.5, 0.6) is 5.88 Å². The van der Waals surface area contributed by atoms with Crippen molar-refractivity contribution in [3.63, 3.8) is 0 Å². The monoisotopic (exact) mass is 416 g/mol. The van der Waals surface area contributed by atoms with Crippen molar-refractivity contribution in [3.05, 3.63) is 53.2 Å². The van der Waals surface area contributed by atoms with Crippen molar-refractivity contribution in [2.45, 2.75) is 13.3 Å². The Morgan fingerprint density at radius 1 is 1.10 bits per heavy atom. The van der Waals surface area contributed by atoms with Gasteiger partial charge in [0.05, 0.1) is 11.6 Å². The minimum Gasteiger partial charge on any atom is -0.478 e. The number of nitrogens with one attached hydrogen (secondary N) is 1. The Hall–Kier alpha value is -2.80. The maximum absolute atomic E-state index is 12.5. The van der Waals surface area contributed by atoms with Crippen molar-refractivity contribution < 1.29 is 14.3 Å². The molecule has 1 aromatic carbocycles. The first-order valence-corrected chi connectivity index (χ1v) is 10.1. The zero-order chi connectivity index (χ0) is 20.6. The normalized spacial score (nSPS) is 13.9. The highest BCUT2D eigenvalue weighted by atomic mass is 35.5. The molecule has 1 N–H and O–H groups in total. The summed E-state index contributed by atoms with van der Waals surface area (Å²) in [6, 6.07) is 13.4. The molecule has 0 bridgehead atoms. The van der Waals surface area contributed by atoms with E-state index in [1.54, 1.807) is 12.1 Å². The summed E-state index contributed by atoms with van der Waals surface area (Å²) in [5.41, 5.74) is 1.27. The first-order valence-electron chi connectivity index (χ1n) is 9.73. The molecule has 1 aliphatic heterocycles. The van der Waals surface area contributed by atoms with Crippen molar-refractivity contribution in [1.29, 1.82) is 0 Å². The molecule has 2 heterocycles. The molecule has 1 aromatic heterocycles. The lowest BCUT2D eigenvalue weighted by molar-refractivity contribution is -0.131. The number of piperazine rings is 1. The summed E-state index contributed by atoms with van der Waals surface area (Å²) >= 11 is 6.06. The van der Waals surface area contributed by atoms with Crippen LogP contribution < -0.4 is 15.0 Å². The Kier molecular flexibility index (Phi) is 7.30. The molecule has 0 atom stereocenters. The fourth-order valence-electron chi connectivity index (χ4n) is 3.19. The summed E-state index contributed by atoms with van der Waals surface area (Å²) in [6.07, 6.45) is 0.236. The minimum atomic E-state index is -0.418. The third kappa shape index (κ3) is 5.60. The molecular weight excluding hydrogens is 392 g/mol. The lowest BCUT2D eigenvalue weighted by Gasteiger charge is -2.36. The van der Waals surface area contributed by atoms with Crippen LogP contribution in [0.3, 0.4) is 0 Å². The molecule has 0 radical (unpaired) electrons. The topological polar surface area (TPSA) is 74.8 Å². The van der Waals surface area contributed by atoms with Crippen LogP contribution in [0.2, 0.25) is 5.02 Å². The number of carbonyl (C=O) groups excluding carboxylic acids is 2. The van der Waals surface area contributed by atoms with E-state index in [0.717, 1.165) is 13.1 Å². The molecule has 154 valence electrons. The van der Waals surface area contributed by atoms with E-state index >= 15 is 0 Å². The van der Waals surface area contributed by atoms with Gasteiger partial charge in [-0.15, -0.1) is 0 Å². The van der Waals surface area contributed by atoms with Gasteiger partial charge >= 0.3 is 0 Å². The Morgan fingerprint density at radius 2 is 1.83 bits per heavy atom. The third-order valence-electron chi connectivity index (χ3n) is 4.71. The number of anilines is 1. The maximum atomic E-state index is 12.5. The van der Waals surface area contributed by atoms with Gasteiger partial charge in [-0.1, -0.05) is 29.8 Å². The fourth-order valence-corrected chi connectivity index (χ4v) is 3.38. The van der Waals surface area contributed by atoms with Crippen LogP contribution in [0.15, 0.2) is 42.5 Å². The second kappa shape index (κ2) is 10.1. The van der Waals surface area contributed by atoms with Gasteiger partial charge in [-0.25, -0.2) is 4.98 Å². The molecule has 1 aliphatic rings. The zero-order valence-electron chi connectivity index (χ0n) is 16.4. The second-order valence-corrected chi connectivity index (χ2v) is 7.03. The molecule has 2 aromatic rings. The number of hydrogen-bond donors (Lipinski definition) is 1. The van der Waals surface area contributed by atoms with Crippen LogP contribution in [0, 0.1) is 0 Å². The van der Waals surface area contributed by atoms with Gasteiger partial charge in [-0.3, -0.25) is 9.59 Å². The van der Waals surface area contributed by atoms with Gasteiger partial charge in [0.15, 0.2) is 5.69 Å². The van der Waals surface area contributed by atoms with E-state index in [1.807, 2.05) is 30.0 Å². The van der Waals surface area contributed by atoms with Gasteiger partial charge < -0.3 is 19.9 Å². The molecule has 0 unspecified atom stereocenters. The molecule has 2 amide bonds. The van der Waals surface area contributed by atoms with E-state index in [1.165, 1.54) is 5.69 Å². The minimum absolute atomic E-state index is 0.0279.